The molecule has 2 unspecified atom stereocenters. The van der Waals surface area contributed by atoms with E-state index in [4.69, 9.17) is 4.42 Å². The quantitative estimate of drug-likeness (QED) is 0.869. The van der Waals surface area contributed by atoms with E-state index in [1.165, 1.54) is 0 Å². The molecule has 2 aromatic rings. The van der Waals surface area contributed by atoms with Gasteiger partial charge in [-0.25, -0.2) is 9.78 Å². The van der Waals surface area contributed by atoms with E-state index < -0.39 is 6.10 Å². The molecule has 0 spiro atoms. The summed E-state index contributed by atoms with van der Waals surface area (Å²) in [6, 6.07) is 3.46. The maximum absolute atomic E-state index is 12.5. The molecule has 0 saturated carbocycles. The van der Waals surface area contributed by atoms with Crippen molar-refractivity contribution >= 4 is 17.4 Å². The normalized spacial score (nSPS) is 18.8. The number of aliphatic hydroxyl groups is 1. The fourth-order valence-electron chi connectivity index (χ4n) is 3.20. The average molecular weight is 349 g/mol. The maximum atomic E-state index is 12.5. The zero-order chi connectivity index (χ0) is 17.1. The van der Waals surface area contributed by atoms with Gasteiger partial charge in [-0.1, -0.05) is 0 Å². The van der Waals surface area contributed by atoms with E-state index in [0.717, 1.165) is 35.0 Å². The van der Waals surface area contributed by atoms with E-state index in [2.05, 4.69) is 10.3 Å². The molecule has 6 nitrogen and oxygen atoms in total. The molecule has 1 saturated heterocycles. The molecule has 0 radical (unpaired) electrons. The number of hydrogen-bond donors (Lipinski definition) is 2. The highest BCUT2D eigenvalue weighted by Gasteiger charge is 2.31. The number of urea groups is 1. The molecule has 2 aromatic heterocycles. The zero-order valence-electron chi connectivity index (χ0n) is 14.0. The molecule has 24 heavy (non-hydrogen) atoms. The second-order valence-electron chi connectivity index (χ2n) is 6.15. The molecule has 3 heterocycles. The number of amides is 2. The number of nitrogens with one attached hydrogen (secondary N) is 1. The highest BCUT2D eigenvalue weighted by molar-refractivity contribution is 7.11. The number of hydrogen-bond acceptors (Lipinski definition) is 5. The Labute approximate surface area is 145 Å². The summed E-state index contributed by atoms with van der Waals surface area (Å²) in [7, 11) is 0. The van der Waals surface area contributed by atoms with Gasteiger partial charge in [0.2, 0.25) is 0 Å². The Hall–Kier alpha value is -1.86. The number of furan rings is 1. The number of likely N-dealkylation sites (tertiary alicyclic amines) is 1. The molecule has 130 valence electrons. The van der Waals surface area contributed by atoms with E-state index in [1.807, 2.05) is 18.7 Å². The van der Waals surface area contributed by atoms with Gasteiger partial charge in [-0.05, 0) is 38.8 Å². The Morgan fingerprint density at radius 1 is 1.58 bits per heavy atom. The first-order chi connectivity index (χ1) is 11.5. The lowest BCUT2D eigenvalue weighted by Gasteiger charge is -2.26. The van der Waals surface area contributed by atoms with E-state index in [0.29, 0.717) is 18.7 Å². The van der Waals surface area contributed by atoms with Gasteiger partial charge < -0.3 is 19.7 Å². The Morgan fingerprint density at radius 2 is 2.42 bits per heavy atom. The van der Waals surface area contributed by atoms with Crippen LogP contribution in [0, 0.1) is 13.8 Å². The van der Waals surface area contributed by atoms with Crippen LogP contribution in [0.5, 0.6) is 0 Å². The topological polar surface area (TPSA) is 78.6 Å². The first kappa shape index (κ1) is 17.0. The Kier molecular flexibility index (Phi) is 5.20. The molecule has 0 bridgehead atoms. The van der Waals surface area contributed by atoms with Crippen LogP contribution in [0.25, 0.3) is 0 Å². The van der Waals surface area contributed by atoms with Crippen LogP contribution < -0.4 is 5.32 Å². The molecule has 2 N–H and O–H groups in total. The molecular formula is C17H23N3O3S. The number of rotatable bonds is 5. The summed E-state index contributed by atoms with van der Waals surface area (Å²) in [6.07, 6.45) is 3.23. The van der Waals surface area contributed by atoms with Crippen LogP contribution in [0.1, 0.15) is 46.7 Å². The van der Waals surface area contributed by atoms with Crippen molar-refractivity contribution in [1.29, 1.82) is 0 Å². The van der Waals surface area contributed by atoms with Crippen LogP contribution in [-0.2, 0) is 6.54 Å². The predicted octanol–water partition coefficient (Wildman–Crippen LogP) is 3.15. The lowest BCUT2D eigenvalue weighted by atomic mass is 10.1. The van der Waals surface area contributed by atoms with Gasteiger partial charge in [-0.2, -0.15) is 0 Å². The molecular weight excluding hydrogens is 326 g/mol. The van der Waals surface area contributed by atoms with E-state index in [-0.39, 0.29) is 12.1 Å². The van der Waals surface area contributed by atoms with Crippen LogP contribution in [0.15, 0.2) is 22.8 Å². The molecule has 1 fully saturated rings. The first-order valence-electron chi connectivity index (χ1n) is 8.23. The van der Waals surface area contributed by atoms with Crippen LogP contribution in [0.3, 0.4) is 0 Å². The summed E-state index contributed by atoms with van der Waals surface area (Å²) in [5.41, 5.74) is 0.928. The second-order valence-corrected chi connectivity index (χ2v) is 7.56. The third-order valence-corrected chi connectivity index (χ3v) is 5.34. The maximum Gasteiger partial charge on any atom is 0.317 e. The van der Waals surface area contributed by atoms with Gasteiger partial charge in [0.15, 0.2) is 0 Å². The Bertz CT molecular complexity index is 683. The molecule has 0 aromatic carbocycles. The third kappa shape index (κ3) is 3.79. The average Bonchev–Trinajstić information content (AvgIpc) is 3.26. The molecule has 3 rings (SSSR count). The van der Waals surface area contributed by atoms with E-state index in [9.17, 15) is 9.90 Å². The summed E-state index contributed by atoms with van der Waals surface area (Å²) in [4.78, 5) is 19.9. The standard InChI is InChI=1S/C17H23N3O3S/c1-11-14(19-12(2)24-11)10-18-17(22)20-7-3-5-13(20)9-15(21)16-6-4-8-23-16/h4,6,8,13,15,21H,3,5,7,9-10H2,1-2H3,(H,18,22). The van der Waals surface area contributed by atoms with Crippen molar-refractivity contribution in [1.82, 2.24) is 15.2 Å². The highest BCUT2D eigenvalue weighted by atomic mass is 32.1. The fourth-order valence-corrected chi connectivity index (χ4v) is 4.03. The molecule has 2 amide bonds. The van der Waals surface area contributed by atoms with Crippen molar-refractivity contribution in [2.75, 3.05) is 6.54 Å². The van der Waals surface area contributed by atoms with Crippen molar-refractivity contribution in [3.05, 3.63) is 39.7 Å². The van der Waals surface area contributed by atoms with Gasteiger partial charge in [-0.15, -0.1) is 11.3 Å². The van der Waals surface area contributed by atoms with Gasteiger partial charge in [0.1, 0.15) is 11.9 Å². The smallest absolute Gasteiger partial charge is 0.317 e. The van der Waals surface area contributed by atoms with Crippen molar-refractivity contribution in [3.8, 4) is 0 Å². The number of carbonyl (C=O) groups excluding carboxylic acids is 1. The van der Waals surface area contributed by atoms with Gasteiger partial charge >= 0.3 is 6.03 Å². The molecule has 1 aliphatic heterocycles. The van der Waals surface area contributed by atoms with Crippen molar-refractivity contribution in [2.45, 2.75) is 51.8 Å². The van der Waals surface area contributed by atoms with Gasteiger partial charge in [0.05, 0.1) is 23.5 Å². The number of aliphatic hydroxyl groups excluding tert-OH is 1. The number of carbonyl (C=O) groups is 1. The van der Waals surface area contributed by atoms with Gasteiger partial charge in [0, 0.05) is 23.9 Å². The molecule has 1 aliphatic rings. The fraction of sp³-hybridized carbons (Fsp3) is 0.529. The third-order valence-electron chi connectivity index (χ3n) is 4.41. The Balaban J connectivity index is 1.56. The summed E-state index contributed by atoms with van der Waals surface area (Å²) in [5.74, 6) is 0.552. The number of nitrogens with zero attached hydrogens (tertiary/aromatic N) is 2. The van der Waals surface area contributed by atoms with Crippen molar-refractivity contribution in [3.63, 3.8) is 0 Å². The lowest BCUT2D eigenvalue weighted by molar-refractivity contribution is 0.108. The zero-order valence-corrected chi connectivity index (χ0v) is 14.8. The van der Waals surface area contributed by atoms with Crippen LogP contribution in [0.2, 0.25) is 0 Å². The summed E-state index contributed by atoms with van der Waals surface area (Å²) < 4.78 is 5.25. The molecule has 7 heteroatoms. The van der Waals surface area contributed by atoms with Crippen LogP contribution >= 0.6 is 11.3 Å². The number of aryl methyl sites for hydroxylation is 2. The summed E-state index contributed by atoms with van der Waals surface area (Å²) in [5, 5.41) is 14.2. The highest BCUT2D eigenvalue weighted by Crippen LogP contribution is 2.27. The van der Waals surface area contributed by atoms with Crippen LogP contribution in [-0.4, -0.2) is 33.6 Å². The Morgan fingerprint density at radius 3 is 3.08 bits per heavy atom. The van der Waals surface area contributed by atoms with E-state index in [1.54, 1.807) is 29.7 Å². The largest absolute Gasteiger partial charge is 0.467 e. The molecule has 0 aliphatic carbocycles. The SMILES string of the molecule is Cc1nc(CNC(=O)N2CCCC2CC(O)c2ccco2)c(C)s1. The minimum absolute atomic E-state index is 0.0309. The number of aromatic nitrogens is 1. The van der Waals surface area contributed by atoms with Crippen molar-refractivity contribution in [2.24, 2.45) is 0 Å². The van der Waals surface area contributed by atoms with E-state index >= 15 is 0 Å². The summed E-state index contributed by atoms with van der Waals surface area (Å²) in [6.45, 7) is 5.15. The second kappa shape index (κ2) is 7.36. The minimum Gasteiger partial charge on any atom is -0.467 e. The first-order valence-corrected chi connectivity index (χ1v) is 9.05. The predicted molar refractivity (Wildman–Crippen MR) is 91.8 cm³/mol. The monoisotopic (exact) mass is 349 g/mol. The number of thiazole rings is 1. The van der Waals surface area contributed by atoms with Crippen LogP contribution in [0.4, 0.5) is 4.79 Å². The molecule has 2 atom stereocenters. The minimum atomic E-state index is -0.679. The lowest BCUT2D eigenvalue weighted by Crippen LogP contribution is -2.43. The van der Waals surface area contributed by atoms with Gasteiger partial charge in [-0.3, -0.25) is 0 Å². The summed E-state index contributed by atoms with van der Waals surface area (Å²) >= 11 is 1.64. The van der Waals surface area contributed by atoms with Gasteiger partial charge in [0.25, 0.3) is 0 Å². The van der Waals surface area contributed by atoms with Crippen molar-refractivity contribution < 1.29 is 14.3 Å².